The van der Waals surface area contributed by atoms with Crippen LogP contribution in [0.4, 0.5) is 16.2 Å². The Morgan fingerprint density at radius 2 is 1.60 bits per heavy atom. The number of aromatic nitrogens is 3. The molecular formula is C42H41Cl3N6O4. The monoisotopic (exact) mass is 798 g/mol. The third-order valence-electron chi connectivity index (χ3n) is 9.62. The van der Waals surface area contributed by atoms with Gasteiger partial charge < -0.3 is 34.1 Å². The number of halogens is 3. The van der Waals surface area contributed by atoms with E-state index in [0.29, 0.717) is 80.8 Å². The molecule has 1 aliphatic heterocycles. The number of imidazole rings is 1. The third kappa shape index (κ3) is 7.99. The van der Waals surface area contributed by atoms with E-state index in [2.05, 4.69) is 15.2 Å². The molecule has 1 aliphatic rings. The van der Waals surface area contributed by atoms with E-state index in [4.69, 9.17) is 49.3 Å². The van der Waals surface area contributed by atoms with Gasteiger partial charge in [-0.3, -0.25) is 4.79 Å². The van der Waals surface area contributed by atoms with E-state index in [0.717, 1.165) is 22.2 Å². The summed E-state index contributed by atoms with van der Waals surface area (Å²) in [6, 6.07) is 26.1. The Labute approximate surface area is 334 Å². The molecule has 6 aromatic rings. The summed E-state index contributed by atoms with van der Waals surface area (Å²) >= 11 is 19.6. The summed E-state index contributed by atoms with van der Waals surface area (Å²) in [5.74, 6) is 0.196. The van der Waals surface area contributed by atoms with E-state index in [9.17, 15) is 9.59 Å². The zero-order valence-corrected chi connectivity index (χ0v) is 33.4. The van der Waals surface area contributed by atoms with E-state index >= 15 is 0 Å². The van der Waals surface area contributed by atoms with Gasteiger partial charge in [0.1, 0.15) is 17.0 Å². The Kier molecular flexibility index (Phi) is 10.8. The number of carbonyl (C=O) groups is 2. The van der Waals surface area contributed by atoms with Gasteiger partial charge in [-0.05, 0) is 69.7 Å². The van der Waals surface area contributed by atoms with E-state index in [1.54, 1.807) is 36.5 Å². The van der Waals surface area contributed by atoms with Gasteiger partial charge in [0, 0.05) is 69.3 Å². The molecule has 0 unspecified atom stereocenters. The Bertz CT molecular complexity index is 2380. The molecule has 2 N–H and O–H groups in total. The molecule has 1 saturated heterocycles. The lowest BCUT2D eigenvalue weighted by Gasteiger charge is -2.37. The summed E-state index contributed by atoms with van der Waals surface area (Å²) < 4.78 is 13.2. The van der Waals surface area contributed by atoms with Crippen LogP contribution in [0.1, 0.15) is 49.8 Å². The minimum Gasteiger partial charge on any atom is -0.497 e. The maximum atomic E-state index is 14.8. The third-order valence-corrected chi connectivity index (χ3v) is 10.4. The molecule has 55 heavy (non-hydrogen) atoms. The topological polar surface area (TPSA) is 105 Å². The fraction of sp³-hybridized carbons (Fsp3) is 0.262. The molecule has 0 saturated carbocycles. The molecule has 0 spiro atoms. The van der Waals surface area contributed by atoms with Crippen LogP contribution in [0.15, 0.2) is 91.3 Å². The molecule has 284 valence electrons. The molecule has 0 bridgehead atoms. The first-order chi connectivity index (χ1) is 26.3. The molecule has 1 fully saturated rings. The number of rotatable bonds is 8. The molecule has 1 atom stereocenters. The van der Waals surface area contributed by atoms with Gasteiger partial charge in [0.25, 0.3) is 5.91 Å². The summed E-state index contributed by atoms with van der Waals surface area (Å²) in [6.45, 7) is 9.59. The first-order valence-electron chi connectivity index (χ1n) is 17.9. The van der Waals surface area contributed by atoms with Gasteiger partial charge in [0.05, 0.1) is 42.2 Å². The Balaban J connectivity index is 1.32. The maximum absolute atomic E-state index is 14.8. The number of benzene rings is 4. The van der Waals surface area contributed by atoms with Crippen molar-refractivity contribution in [3.8, 4) is 28.3 Å². The fourth-order valence-corrected chi connectivity index (χ4v) is 7.68. The molecule has 2 aromatic heterocycles. The molecule has 0 aliphatic carbocycles. The number of nitrogens with one attached hydrogen (secondary N) is 2. The molecule has 2 amide bonds. The highest BCUT2D eigenvalue weighted by molar-refractivity contribution is 6.35. The van der Waals surface area contributed by atoms with Crippen LogP contribution in [-0.4, -0.2) is 70.3 Å². The summed E-state index contributed by atoms with van der Waals surface area (Å²) in [7, 11) is 1.58. The Morgan fingerprint density at radius 3 is 2.29 bits per heavy atom. The van der Waals surface area contributed by atoms with Crippen molar-refractivity contribution < 1.29 is 19.1 Å². The van der Waals surface area contributed by atoms with E-state index in [1.165, 1.54) is 0 Å². The minimum atomic E-state index is -0.588. The molecule has 3 heterocycles. The zero-order chi connectivity index (χ0) is 39.0. The second-order valence-electron chi connectivity index (χ2n) is 14.4. The van der Waals surface area contributed by atoms with Crippen molar-refractivity contribution in [3.63, 3.8) is 0 Å². The second kappa shape index (κ2) is 15.5. The van der Waals surface area contributed by atoms with Gasteiger partial charge in [0.15, 0.2) is 0 Å². The first kappa shape index (κ1) is 38.1. The number of hydrogen-bond donors (Lipinski definition) is 2. The zero-order valence-electron chi connectivity index (χ0n) is 31.1. The number of hydrogen-bond acceptors (Lipinski definition) is 6. The lowest BCUT2D eigenvalue weighted by atomic mass is 9.99. The van der Waals surface area contributed by atoms with Crippen molar-refractivity contribution in [1.82, 2.24) is 19.4 Å². The predicted octanol–water partition coefficient (Wildman–Crippen LogP) is 10.6. The van der Waals surface area contributed by atoms with Crippen molar-refractivity contribution in [3.05, 3.63) is 118 Å². The minimum absolute atomic E-state index is 0.303. The smallest absolute Gasteiger partial charge is 0.410 e. The quantitative estimate of drug-likeness (QED) is 0.159. The van der Waals surface area contributed by atoms with Gasteiger partial charge in [-0.2, -0.15) is 0 Å². The number of nitrogens with zero attached hydrogens (tertiary/aromatic N) is 4. The molecule has 0 radical (unpaired) electrons. The van der Waals surface area contributed by atoms with E-state index in [1.807, 2.05) is 99.0 Å². The van der Waals surface area contributed by atoms with Crippen LogP contribution < -0.4 is 15.0 Å². The number of amides is 2. The average molecular weight is 800 g/mol. The van der Waals surface area contributed by atoms with Gasteiger partial charge in [-0.15, -0.1) is 0 Å². The maximum Gasteiger partial charge on any atom is 0.410 e. The SMILES string of the molecule is COc1ccc(N2CCN(C(=O)OC(C)(C)C)CC2)c(NC(=O)c2[nH]c3cc(Cl)ccc3c2-c2c(-c3ccccc3)ncn2[C@@H](C)c2ccc(Cl)cc2Cl)c1. The van der Waals surface area contributed by atoms with Crippen LogP contribution in [-0.2, 0) is 4.74 Å². The largest absolute Gasteiger partial charge is 0.497 e. The molecule has 10 nitrogen and oxygen atoms in total. The molecule has 7 rings (SSSR count). The number of aromatic amines is 1. The summed E-state index contributed by atoms with van der Waals surface area (Å²) in [4.78, 5) is 39.8. The molecule has 4 aromatic carbocycles. The summed E-state index contributed by atoms with van der Waals surface area (Å²) in [5.41, 5.74) is 5.51. The normalized spacial score (nSPS) is 13.9. The van der Waals surface area contributed by atoms with Crippen LogP contribution in [0.5, 0.6) is 5.75 Å². The number of fused-ring (bicyclic) bond motifs is 1. The summed E-state index contributed by atoms with van der Waals surface area (Å²) in [6.07, 6.45) is 1.43. The van der Waals surface area contributed by atoms with E-state index in [-0.39, 0.29) is 18.0 Å². The van der Waals surface area contributed by atoms with Crippen LogP contribution in [0.2, 0.25) is 15.1 Å². The highest BCUT2D eigenvalue weighted by atomic mass is 35.5. The Morgan fingerprint density at radius 1 is 0.891 bits per heavy atom. The number of H-pyrrole nitrogens is 1. The van der Waals surface area contributed by atoms with Gasteiger partial charge >= 0.3 is 6.09 Å². The molecular weight excluding hydrogens is 759 g/mol. The van der Waals surface area contributed by atoms with Crippen molar-refractivity contribution in [2.75, 3.05) is 43.5 Å². The number of piperazine rings is 1. The van der Waals surface area contributed by atoms with Crippen LogP contribution in [0, 0.1) is 0 Å². The number of ether oxygens (including phenoxy) is 2. The Hall–Kier alpha value is -5.16. The van der Waals surface area contributed by atoms with Crippen LogP contribution in [0.3, 0.4) is 0 Å². The van der Waals surface area contributed by atoms with Crippen molar-refractivity contribution in [2.24, 2.45) is 0 Å². The van der Waals surface area contributed by atoms with Crippen LogP contribution in [0.25, 0.3) is 33.4 Å². The number of anilines is 2. The number of carbonyl (C=O) groups excluding carboxylic acids is 2. The second-order valence-corrected chi connectivity index (χ2v) is 15.7. The van der Waals surface area contributed by atoms with Crippen molar-refractivity contribution in [2.45, 2.75) is 39.3 Å². The summed E-state index contributed by atoms with van der Waals surface area (Å²) in [5, 5.41) is 5.55. The lowest BCUT2D eigenvalue weighted by molar-refractivity contribution is 0.0240. The van der Waals surface area contributed by atoms with Crippen molar-refractivity contribution in [1.29, 1.82) is 0 Å². The molecule has 13 heteroatoms. The van der Waals surface area contributed by atoms with E-state index < -0.39 is 5.60 Å². The highest BCUT2D eigenvalue weighted by Crippen LogP contribution is 2.43. The van der Waals surface area contributed by atoms with Gasteiger partial charge in [-0.1, -0.05) is 77.3 Å². The lowest BCUT2D eigenvalue weighted by Crippen LogP contribution is -2.50. The fourth-order valence-electron chi connectivity index (χ4n) is 6.94. The average Bonchev–Trinajstić information content (AvgIpc) is 3.76. The number of methoxy groups -OCH3 is 1. The van der Waals surface area contributed by atoms with Crippen LogP contribution >= 0.6 is 34.8 Å². The first-order valence-corrected chi connectivity index (χ1v) is 19.1. The predicted molar refractivity (Wildman–Crippen MR) is 221 cm³/mol. The van der Waals surface area contributed by atoms with Gasteiger partial charge in [-0.25, -0.2) is 9.78 Å². The standard InChI is InChI=1S/C42H41Cl3N6O4/c1-25(30-14-11-27(43)21-32(30)45)51-24-46-37(26-9-7-6-8-10-26)39(51)36-31-15-12-28(44)22-33(31)47-38(36)40(52)48-34-23-29(54-5)13-16-35(34)49-17-19-50(20-18-49)41(53)55-42(2,3)4/h6-16,21-25,47H,17-20H2,1-5H3,(H,48,52)/t25-/m0/s1. The highest BCUT2D eigenvalue weighted by Gasteiger charge is 2.30. The van der Waals surface area contributed by atoms with Crippen molar-refractivity contribution >= 4 is 69.1 Å². The van der Waals surface area contributed by atoms with Gasteiger partial charge in [0.2, 0.25) is 0 Å².